The van der Waals surface area contributed by atoms with Gasteiger partial charge in [-0.25, -0.2) is 0 Å². The van der Waals surface area contributed by atoms with Crippen molar-refractivity contribution in [2.45, 2.75) is 0 Å². The van der Waals surface area contributed by atoms with Gasteiger partial charge in [0.05, 0.1) is 0 Å². The molecule has 1 N–H and O–H groups in total. The van der Waals surface area contributed by atoms with Crippen LogP contribution in [0.25, 0.3) is 5.70 Å². The monoisotopic (exact) mass is 157 g/mol. The van der Waals surface area contributed by atoms with Gasteiger partial charge in [-0.15, -0.1) is 0 Å². The molecule has 1 nitrogen and oxygen atoms in total. The van der Waals surface area contributed by atoms with Gasteiger partial charge in [-0.2, -0.15) is 0 Å². The first-order valence-corrected chi connectivity index (χ1v) is 4.13. The van der Waals surface area contributed by atoms with Gasteiger partial charge in [-0.1, -0.05) is 42.5 Å². The van der Waals surface area contributed by atoms with E-state index in [1.165, 1.54) is 11.3 Å². The standard InChI is InChI=1S/C11H11N/c1-2-6-10(7-3-1)11-8-4-5-9-12-11/h1-8,12H,9H2. The lowest BCUT2D eigenvalue weighted by Crippen LogP contribution is -2.13. The molecular weight excluding hydrogens is 146 g/mol. The fourth-order valence-corrected chi connectivity index (χ4v) is 1.28. The normalized spacial score (nSPS) is 15.2. The molecule has 1 aromatic rings. The Morgan fingerprint density at radius 3 is 2.58 bits per heavy atom. The Hall–Kier alpha value is -1.50. The van der Waals surface area contributed by atoms with Crippen LogP contribution in [0.2, 0.25) is 0 Å². The highest BCUT2D eigenvalue weighted by Crippen LogP contribution is 2.12. The molecule has 1 aliphatic rings. The zero-order chi connectivity index (χ0) is 8.23. The molecular formula is C11H11N. The highest BCUT2D eigenvalue weighted by Gasteiger charge is 1.99. The molecule has 0 saturated carbocycles. The van der Waals surface area contributed by atoms with Crippen molar-refractivity contribution in [3.8, 4) is 0 Å². The second kappa shape index (κ2) is 3.26. The molecule has 0 spiro atoms. The molecule has 12 heavy (non-hydrogen) atoms. The molecule has 0 unspecified atom stereocenters. The van der Waals surface area contributed by atoms with Gasteiger partial charge in [0.25, 0.3) is 0 Å². The average molecular weight is 157 g/mol. The van der Waals surface area contributed by atoms with E-state index in [1.807, 2.05) is 6.07 Å². The third kappa shape index (κ3) is 1.40. The minimum Gasteiger partial charge on any atom is -0.381 e. The van der Waals surface area contributed by atoms with Crippen molar-refractivity contribution in [1.82, 2.24) is 5.32 Å². The van der Waals surface area contributed by atoms with Crippen LogP contribution in [-0.4, -0.2) is 6.54 Å². The molecule has 60 valence electrons. The van der Waals surface area contributed by atoms with Crippen LogP contribution in [0.15, 0.2) is 48.6 Å². The molecule has 0 amide bonds. The summed E-state index contributed by atoms with van der Waals surface area (Å²) in [6, 6.07) is 10.4. The van der Waals surface area contributed by atoms with E-state index < -0.39 is 0 Å². The summed E-state index contributed by atoms with van der Waals surface area (Å²) >= 11 is 0. The number of hydrogen-bond donors (Lipinski definition) is 1. The molecule has 1 heteroatoms. The van der Waals surface area contributed by atoms with Crippen LogP contribution in [0, 0.1) is 0 Å². The number of hydrogen-bond acceptors (Lipinski definition) is 1. The van der Waals surface area contributed by atoms with Crippen LogP contribution in [0.1, 0.15) is 5.56 Å². The van der Waals surface area contributed by atoms with Gasteiger partial charge < -0.3 is 5.32 Å². The molecule has 0 saturated heterocycles. The summed E-state index contributed by atoms with van der Waals surface area (Å²) in [5, 5.41) is 3.31. The average Bonchev–Trinajstić information content (AvgIpc) is 2.21. The van der Waals surface area contributed by atoms with Gasteiger partial charge in [0.1, 0.15) is 0 Å². The fraction of sp³-hybridized carbons (Fsp3) is 0.0909. The highest BCUT2D eigenvalue weighted by atomic mass is 14.9. The van der Waals surface area contributed by atoms with Crippen molar-refractivity contribution in [2.24, 2.45) is 0 Å². The number of allylic oxidation sites excluding steroid dienone is 2. The van der Waals surface area contributed by atoms with Crippen molar-refractivity contribution in [2.75, 3.05) is 6.54 Å². The summed E-state index contributed by atoms with van der Waals surface area (Å²) in [5.41, 5.74) is 2.46. The number of nitrogens with one attached hydrogen (secondary N) is 1. The molecule has 1 aliphatic heterocycles. The molecule has 2 rings (SSSR count). The summed E-state index contributed by atoms with van der Waals surface area (Å²) in [6.45, 7) is 0.931. The first-order chi connectivity index (χ1) is 5.97. The van der Waals surface area contributed by atoms with Crippen molar-refractivity contribution in [3.63, 3.8) is 0 Å². The Morgan fingerprint density at radius 2 is 1.92 bits per heavy atom. The Morgan fingerprint density at radius 1 is 1.08 bits per heavy atom. The maximum atomic E-state index is 3.31. The third-order valence-corrected chi connectivity index (χ3v) is 1.89. The van der Waals surface area contributed by atoms with Crippen LogP contribution >= 0.6 is 0 Å². The van der Waals surface area contributed by atoms with Crippen molar-refractivity contribution in [1.29, 1.82) is 0 Å². The molecule has 0 radical (unpaired) electrons. The van der Waals surface area contributed by atoms with Crippen LogP contribution < -0.4 is 5.32 Å². The molecule has 1 heterocycles. The number of benzene rings is 1. The van der Waals surface area contributed by atoms with E-state index in [-0.39, 0.29) is 0 Å². The largest absolute Gasteiger partial charge is 0.381 e. The topological polar surface area (TPSA) is 12.0 Å². The quantitative estimate of drug-likeness (QED) is 0.659. The van der Waals surface area contributed by atoms with E-state index in [0.29, 0.717) is 0 Å². The molecule has 0 aromatic heterocycles. The van der Waals surface area contributed by atoms with Gasteiger partial charge in [0, 0.05) is 12.2 Å². The zero-order valence-electron chi connectivity index (χ0n) is 6.83. The maximum absolute atomic E-state index is 3.31. The first kappa shape index (κ1) is 7.17. The van der Waals surface area contributed by atoms with Crippen LogP contribution in [0.3, 0.4) is 0 Å². The first-order valence-electron chi connectivity index (χ1n) is 4.13. The molecule has 0 aliphatic carbocycles. The Kier molecular flexibility index (Phi) is 1.95. The number of rotatable bonds is 1. The summed E-state index contributed by atoms with van der Waals surface area (Å²) in [5.74, 6) is 0. The summed E-state index contributed by atoms with van der Waals surface area (Å²) in [4.78, 5) is 0. The van der Waals surface area contributed by atoms with Gasteiger partial charge >= 0.3 is 0 Å². The van der Waals surface area contributed by atoms with Crippen LogP contribution in [0.4, 0.5) is 0 Å². The fourth-order valence-electron chi connectivity index (χ4n) is 1.28. The summed E-state index contributed by atoms with van der Waals surface area (Å²) in [7, 11) is 0. The van der Waals surface area contributed by atoms with Crippen molar-refractivity contribution < 1.29 is 0 Å². The predicted octanol–water partition coefficient (Wildman–Crippen LogP) is 2.19. The minimum absolute atomic E-state index is 0.931. The van der Waals surface area contributed by atoms with Crippen molar-refractivity contribution in [3.05, 3.63) is 54.1 Å². The van der Waals surface area contributed by atoms with Crippen LogP contribution in [-0.2, 0) is 0 Å². The molecule has 0 fully saturated rings. The molecule has 0 bridgehead atoms. The van der Waals surface area contributed by atoms with Crippen LogP contribution in [0.5, 0.6) is 0 Å². The summed E-state index contributed by atoms with van der Waals surface area (Å²) in [6.07, 6.45) is 6.28. The van der Waals surface area contributed by atoms with E-state index in [2.05, 4.69) is 47.8 Å². The lowest BCUT2D eigenvalue weighted by atomic mass is 10.1. The Balaban J connectivity index is 2.31. The lowest BCUT2D eigenvalue weighted by Gasteiger charge is -2.11. The smallest absolute Gasteiger partial charge is 0.0416 e. The SMILES string of the molecule is C1=CCNC(c2ccccc2)=C1. The van der Waals surface area contributed by atoms with Crippen molar-refractivity contribution >= 4 is 5.70 Å². The second-order valence-corrected chi connectivity index (χ2v) is 2.76. The maximum Gasteiger partial charge on any atom is 0.0416 e. The molecule has 1 aromatic carbocycles. The zero-order valence-corrected chi connectivity index (χ0v) is 6.83. The van der Waals surface area contributed by atoms with Gasteiger partial charge in [0.2, 0.25) is 0 Å². The minimum atomic E-state index is 0.931. The van der Waals surface area contributed by atoms with E-state index >= 15 is 0 Å². The van der Waals surface area contributed by atoms with E-state index in [9.17, 15) is 0 Å². The lowest BCUT2D eigenvalue weighted by molar-refractivity contribution is 0.996. The second-order valence-electron chi connectivity index (χ2n) is 2.76. The van der Waals surface area contributed by atoms with Gasteiger partial charge in [-0.3, -0.25) is 0 Å². The van der Waals surface area contributed by atoms with Gasteiger partial charge in [0.15, 0.2) is 0 Å². The predicted molar refractivity (Wildman–Crippen MR) is 51.6 cm³/mol. The highest BCUT2D eigenvalue weighted by molar-refractivity contribution is 5.66. The number of dihydropyridines is 1. The van der Waals surface area contributed by atoms with E-state index in [1.54, 1.807) is 0 Å². The summed E-state index contributed by atoms with van der Waals surface area (Å²) < 4.78 is 0. The molecule has 0 atom stereocenters. The third-order valence-electron chi connectivity index (χ3n) is 1.89. The van der Waals surface area contributed by atoms with Gasteiger partial charge in [-0.05, 0) is 11.6 Å². The van der Waals surface area contributed by atoms with E-state index in [4.69, 9.17) is 0 Å². The Labute approximate surface area is 72.4 Å². The van der Waals surface area contributed by atoms with E-state index in [0.717, 1.165) is 6.54 Å². The Bertz CT molecular complexity index is 309.